The van der Waals surface area contributed by atoms with Gasteiger partial charge in [-0.1, -0.05) is 0 Å². The Morgan fingerprint density at radius 1 is 0.385 bits per heavy atom. The predicted octanol–water partition coefficient (Wildman–Crippen LogP) is -12.5. The lowest BCUT2D eigenvalue weighted by Gasteiger charge is -2.50. The van der Waals surface area contributed by atoms with Gasteiger partial charge in [0.2, 0.25) is 23.8 Å². The first-order chi connectivity index (χ1) is 36.6. The van der Waals surface area contributed by atoms with Crippen molar-refractivity contribution in [3.05, 3.63) is 6.61 Å². The van der Waals surface area contributed by atoms with E-state index in [0.29, 0.717) is 6.61 Å². The molecule has 0 unspecified atom stereocenters. The fraction of sp³-hybridized carbons (Fsp3) is 0.833. The van der Waals surface area contributed by atoms with Crippen molar-refractivity contribution in [2.75, 3.05) is 19.8 Å². The number of ether oxygens (including phenoxy) is 11. The highest BCUT2D eigenvalue weighted by molar-refractivity contribution is 5.75. The van der Waals surface area contributed by atoms with E-state index in [1.807, 2.05) is 0 Å². The molecule has 444 valence electrons. The normalized spacial score (nSPS) is 46.0. The van der Waals surface area contributed by atoms with Crippen LogP contribution in [0.15, 0.2) is 0 Å². The number of hydrogen-bond acceptors (Lipinski definition) is 30. The Balaban J connectivity index is 1.25. The SMILES string of the molecule is CC(=O)N[C@H]1[C@H](O[C@H]2[C@H](O)[C@@H](O)[C@H](O[C@H]3[C@H](O)[C@@H](CO)O[C@@H](O[C@H]4[C@H](O)[C@@H](O)[C@H](O[C@H]5[C@H](O)[C@@H](CO)O[C@@H](O[C@H]6[C@H](O)[C@@H](O)[CH+]O[C@@H]6C(=O)O)[C@@H]5NC(C)=O)O[C@@H]4C(=O)O)[C@@H]3NC(C)=O)O[C@@H]2C(=O)O)O[C@H](CO)[C@@H](O)[C@@H]1O. The second-order valence-electron chi connectivity index (χ2n) is 18.8. The largest absolute Gasteiger partial charge is 0.479 e. The lowest BCUT2D eigenvalue weighted by Crippen LogP contribution is -2.71. The molecule has 0 saturated carbocycles. The van der Waals surface area contributed by atoms with Gasteiger partial charge in [-0.3, -0.25) is 14.4 Å². The summed E-state index contributed by atoms with van der Waals surface area (Å²) in [5, 5.41) is 178. The number of carboxylic acids is 3. The zero-order valence-corrected chi connectivity index (χ0v) is 41.0. The van der Waals surface area contributed by atoms with Crippen LogP contribution in [-0.4, -0.2) is 315 Å². The van der Waals surface area contributed by atoms with E-state index >= 15 is 0 Å². The van der Waals surface area contributed by atoms with Crippen LogP contribution >= 0.6 is 0 Å². The standard InChI is InChI=1S/C42H63N3O33/c1-8(49)43-15-22(57)19(54)12(4-46)69-38(15)75-30-23(58)25(60)41(77-33(30)36(64)65)73-28-17(45-10(3)51)40(71-14(6-48)21(28)56)76-31-24(59)26(61)42(78-34(31)37(66)67)72-27-16(44-9(2)50)39(70-13(5-47)20(27)55)74-29-18(53)11(52)7-68-32(29)35(62)63/h7,11-34,38-42,46-48,52-61H,4-6H2,1-3H3,(H5-,43,44,45,49,50,51,62,63,64,65,66,67)/p+1/t11-,12+,13+,14+,15+,16+,17+,18+,19+,20+,21+,22+,23+,24+,25+,26+,27+,28+,29-,30-,31-,32-,33-,34-,38-,39-,40-,41+,42+/m0/s1. The lowest BCUT2D eigenvalue weighted by atomic mass is 9.93. The molecule has 29 atom stereocenters. The predicted molar refractivity (Wildman–Crippen MR) is 234 cm³/mol. The van der Waals surface area contributed by atoms with Gasteiger partial charge in [-0.05, 0) is 0 Å². The summed E-state index contributed by atoms with van der Waals surface area (Å²) in [5.74, 6) is -8.39. The number of hydrogen-bond donors (Lipinski definition) is 19. The fourth-order valence-corrected chi connectivity index (χ4v) is 9.48. The highest BCUT2D eigenvalue weighted by Gasteiger charge is 2.60. The fourth-order valence-electron chi connectivity index (χ4n) is 9.48. The Labute approximate surface area is 438 Å². The Bertz CT molecular complexity index is 2080. The quantitative estimate of drug-likeness (QED) is 0.0534. The van der Waals surface area contributed by atoms with E-state index in [0.717, 1.165) is 20.8 Å². The number of carboxylic acid groups (broad SMARTS) is 3. The van der Waals surface area contributed by atoms with Crippen molar-refractivity contribution < 1.29 is 163 Å². The zero-order valence-electron chi connectivity index (χ0n) is 41.0. The maximum absolute atomic E-state index is 12.9. The number of amides is 3. The van der Waals surface area contributed by atoms with Crippen molar-refractivity contribution in [3.63, 3.8) is 0 Å². The maximum Gasteiger partial charge on any atom is 0.340 e. The number of carbonyl (C=O) groups excluding carboxylic acids is 3. The molecule has 0 bridgehead atoms. The summed E-state index contributed by atoms with van der Waals surface area (Å²) in [6.07, 6.45) is -55.5. The molecule has 36 heteroatoms. The van der Waals surface area contributed by atoms with Crippen molar-refractivity contribution in [3.8, 4) is 0 Å². The van der Waals surface area contributed by atoms with Crippen LogP contribution in [0.3, 0.4) is 0 Å². The van der Waals surface area contributed by atoms with Crippen LogP contribution in [0.1, 0.15) is 20.8 Å². The highest BCUT2D eigenvalue weighted by atomic mass is 16.8. The molecular formula is C42H64N3O33+. The van der Waals surface area contributed by atoms with Gasteiger partial charge in [0, 0.05) is 20.8 Å². The van der Waals surface area contributed by atoms with Crippen molar-refractivity contribution in [1.82, 2.24) is 16.0 Å². The second kappa shape index (κ2) is 26.5. The van der Waals surface area contributed by atoms with E-state index in [1.54, 1.807) is 0 Å². The lowest BCUT2D eigenvalue weighted by molar-refractivity contribution is -0.375. The smallest absolute Gasteiger partial charge is 0.340 e. The van der Waals surface area contributed by atoms with Crippen LogP contribution in [0.4, 0.5) is 0 Å². The first kappa shape index (κ1) is 62.9. The van der Waals surface area contributed by atoms with Gasteiger partial charge >= 0.3 is 17.9 Å². The van der Waals surface area contributed by atoms with E-state index in [1.165, 1.54) is 0 Å². The molecular weight excluding hydrogens is 1070 g/mol. The summed E-state index contributed by atoms with van der Waals surface area (Å²) < 4.78 is 61.5. The van der Waals surface area contributed by atoms with Gasteiger partial charge in [0.15, 0.2) is 49.8 Å². The summed E-state index contributed by atoms with van der Waals surface area (Å²) in [5.41, 5.74) is 0. The van der Waals surface area contributed by atoms with Gasteiger partial charge in [0.25, 0.3) is 12.7 Å². The average Bonchev–Trinajstić information content (AvgIpc) is 3.46. The monoisotopic (exact) mass is 1140 g/mol. The van der Waals surface area contributed by atoms with Crippen molar-refractivity contribution >= 4 is 35.6 Å². The van der Waals surface area contributed by atoms with Crippen LogP contribution in [0.2, 0.25) is 0 Å². The van der Waals surface area contributed by atoms with Crippen molar-refractivity contribution in [2.45, 2.75) is 199 Å². The number of aliphatic hydroxyl groups excluding tert-OH is 13. The van der Waals surface area contributed by atoms with E-state index in [4.69, 9.17) is 52.1 Å². The molecule has 6 aliphatic rings. The Kier molecular flexibility index (Phi) is 21.4. The minimum atomic E-state index is -2.51. The molecule has 0 spiro atoms. The first-order valence-corrected chi connectivity index (χ1v) is 23.8. The number of rotatable bonds is 19. The second-order valence-corrected chi connectivity index (χ2v) is 18.8. The minimum absolute atomic E-state index is 0.598. The van der Waals surface area contributed by atoms with Gasteiger partial charge in [0.05, 0.1) is 19.8 Å². The Hall–Kier alpha value is -4.27. The zero-order chi connectivity index (χ0) is 57.9. The Morgan fingerprint density at radius 2 is 0.705 bits per heavy atom. The third kappa shape index (κ3) is 13.6. The summed E-state index contributed by atoms with van der Waals surface area (Å²) in [6, 6.07) is -5.55. The van der Waals surface area contributed by atoms with Gasteiger partial charge < -0.3 is 145 Å². The third-order valence-electron chi connectivity index (χ3n) is 13.3. The molecule has 36 nitrogen and oxygen atoms in total. The topological polar surface area (TPSA) is 564 Å². The molecule has 6 heterocycles. The summed E-state index contributed by atoms with van der Waals surface area (Å²) in [7, 11) is 0. The molecule has 3 amide bonds. The molecule has 78 heavy (non-hydrogen) atoms. The van der Waals surface area contributed by atoms with Crippen molar-refractivity contribution in [1.29, 1.82) is 0 Å². The van der Waals surface area contributed by atoms with Gasteiger partial charge in [0.1, 0.15) is 116 Å². The first-order valence-electron chi connectivity index (χ1n) is 23.8. The van der Waals surface area contributed by atoms with E-state index in [-0.39, 0.29) is 0 Å². The maximum atomic E-state index is 12.9. The van der Waals surface area contributed by atoms with Crippen LogP contribution in [0, 0.1) is 6.61 Å². The molecule has 0 aromatic rings. The van der Waals surface area contributed by atoms with Crippen LogP contribution < -0.4 is 16.0 Å². The third-order valence-corrected chi connectivity index (χ3v) is 13.3. The van der Waals surface area contributed by atoms with Gasteiger partial charge in [-0.15, -0.1) is 0 Å². The van der Waals surface area contributed by atoms with Crippen LogP contribution in [0.25, 0.3) is 0 Å². The number of nitrogens with one attached hydrogen (secondary N) is 3. The molecule has 6 saturated heterocycles. The van der Waals surface area contributed by atoms with E-state index < -0.39 is 233 Å². The van der Waals surface area contributed by atoms with Crippen LogP contribution in [0.5, 0.6) is 0 Å². The van der Waals surface area contributed by atoms with Gasteiger partial charge in [-0.2, -0.15) is 4.74 Å². The highest BCUT2D eigenvalue weighted by Crippen LogP contribution is 2.37. The molecule has 6 aliphatic heterocycles. The van der Waals surface area contributed by atoms with Crippen LogP contribution in [-0.2, 0) is 80.9 Å². The molecule has 0 aliphatic carbocycles. The number of aliphatic carboxylic acids is 3. The summed E-state index contributed by atoms with van der Waals surface area (Å²) >= 11 is 0. The minimum Gasteiger partial charge on any atom is -0.479 e. The molecule has 19 N–H and O–H groups in total. The number of carbonyl (C=O) groups is 6. The number of aliphatic hydroxyl groups is 13. The summed E-state index contributed by atoms with van der Waals surface area (Å²) in [4.78, 5) is 74.9. The van der Waals surface area contributed by atoms with Gasteiger partial charge in [-0.25, -0.2) is 14.4 Å². The molecule has 6 rings (SSSR count). The van der Waals surface area contributed by atoms with E-state index in [2.05, 4.69) is 16.0 Å². The molecule has 6 fully saturated rings. The molecule has 0 aromatic heterocycles. The molecule has 0 radical (unpaired) electrons. The average molecular weight is 1140 g/mol. The summed E-state index contributed by atoms with van der Waals surface area (Å²) in [6.45, 7) is 0.253. The molecule has 0 aromatic carbocycles. The Morgan fingerprint density at radius 3 is 1.05 bits per heavy atom. The van der Waals surface area contributed by atoms with Crippen molar-refractivity contribution in [2.24, 2.45) is 0 Å². The van der Waals surface area contributed by atoms with E-state index in [9.17, 15) is 110 Å².